The second-order valence-corrected chi connectivity index (χ2v) is 3.55. The predicted octanol–water partition coefficient (Wildman–Crippen LogP) is 3.13. The highest BCUT2D eigenvalue weighted by molar-refractivity contribution is 5.78. The number of nitrogens with zero attached hydrogens (tertiary/aromatic N) is 1. The van der Waals surface area contributed by atoms with Gasteiger partial charge < -0.3 is 4.74 Å². The summed E-state index contributed by atoms with van der Waals surface area (Å²) < 4.78 is 18.7. The molecule has 0 N–H and O–H groups in total. The first kappa shape index (κ1) is 11.3. The third kappa shape index (κ3) is 2.47. The lowest BCUT2D eigenvalue weighted by atomic mass is 10.2. The zero-order valence-electron chi connectivity index (χ0n) is 9.18. The summed E-state index contributed by atoms with van der Waals surface area (Å²) in [5.74, 6) is -0.322. The summed E-state index contributed by atoms with van der Waals surface area (Å²) in [4.78, 5) is 14.7. The maximum Gasteiger partial charge on any atom is 0.229 e. The predicted molar refractivity (Wildman–Crippen MR) is 60.8 cm³/mol. The third-order valence-electron chi connectivity index (χ3n) is 2.22. The van der Waals surface area contributed by atoms with E-state index in [1.807, 2.05) is 6.92 Å². The number of carbonyl (C=O) groups excluding carboxylic acids is 1. The smallest absolute Gasteiger partial charge is 0.229 e. The first-order chi connectivity index (χ1) is 8.20. The van der Waals surface area contributed by atoms with Crippen molar-refractivity contribution in [1.82, 2.24) is 4.98 Å². The Balaban J connectivity index is 2.37. The van der Waals surface area contributed by atoms with Crippen molar-refractivity contribution < 1.29 is 13.9 Å². The van der Waals surface area contributed by atoms with Crippen molar-refractivity contribution in [1.29, 1.82) is 0 Å². The largest absolute Gasteiger partial charge is 0.435 e. The van der Waals surface area contributed by atoms with Crippen molar-refractivity contribution in [3.8, 4) is 11.6 Å². The van der Waals surface area contributed by atoms with Gasteiger partial charge in [-0.1, -0.05) is 6.07 Å². The Morgan fingerprint density at radius 3 is 2.94 bits per heavy atom. The molecule has 1 aromatic carbocycles. The fourth-order valence-electron chi connectivity index (χ4n) is 1.37. The minimum absolute atomic E-state index is 0.0619. The number of aromatic nitrogens is 1. The average molecular weight is 231 g/mol. The molecular formula is C13H10FNO2. The second-order valence-electron chi connectivity index (χ2n) is 3.55. The highest BCUT2D eigenvalue weighted by atomic mass is 19.1. The molecule has 0 radical (unpaired) electrons. The van der Waals surface area contributed by atoms with Crippen molar-refractivity contribution in [3.05, 3.63) is 53.5 Å². The molecule has 0 aliphatic carbocycles. The van der Waals surface area contributed by atoms with E-state index in [4.69, 9.17) is 4.74 Å². The molecule has 2 rings (SSSR count). The van der Waals surface area contributed by atoms with E-state index in [0.29, 0.717) is 6.29 Å². The maximum atomic E-state index is 13.4. The average Bonchev–Trinajstić information content (AvgIpc) is 2.34. The summed E-state index contributed by atoms with van der Waals surface area (Å²) in [6.45, 7) is 1.82. The molecule has 4 heteroatoms. The SMILES string of the molecule is Cc1ccc(F)c(Oc2ncccc2C=O)c1. The molecule has 0 aliphatic heterocycles. The Morgan fingerprint density at radius 2 is 2.18 bits per heavy atom. The summed E-state index contributed by atoms with van der Waals surface area (Å²) >= 11 is 0. The Morgan fingerprint density at radius 1 is 1.35 bits per heavy atom. The van der Waals surface area contributed by atoms with Crippen LogP contribution in [-0.4, -0.2) is 11.3 Å². The van der Waals surface area contributed by atoms with Crippen LogP contribution in [0.25, 0.3) is 0 Å². The van der Waals surface area contributed by atoms with Gasteiger partial charge in [-0.3, -0.25) is 4.79 Å². The Hall–Kier alpha value is -2.23. The molecule has 86 valence electrons. The third-order valence-corrected chi connectivity index (χ3v) is 2.22. The van der Waals surface area contributed by atoms with Gasteiger partial charge in [0.05, 0.1) is 5.56 Å². The lowest BCUT2D eigenvalue weighted by Gasteiger charge is -2.07. The second kappa shape index (κ2) is 4.74. The summed E-state index contributed by atoms with van der Waals surface area (Å²) in [7, 11) is 0. The molecule has 0 spiro atoms. The van der Waals surface area contributed by atoms with E-state index < -0.39 is 5.82 Å². The number of ether oxygens (including phenoxy) is 1. The number of aryl methyl sites for hydroxylation is 1. The van der Waals surface area contributed by atoms with Gasteiger partial charge in [0.2, 0.25) is 5.88 Å². The van der Waals surface area contributed by atoms with E-state index >= 15 is 0 Å². The van der Waals surface area contributed by atoms with Crippen LogP contribution in [0.15, 0.2) is 36.5 Å². The fraction of sp³-hybridized carbons (Fsp3) is 0.0769. The summed E-state index contributed by atoms with van der Waals surface area (Å²) in [5, 5.41) is 0. The van der Waals surface area contributed by atoms with Crippen LogP contribution in [0.4, 0.5) is 4.39 Å². The molecule has 0 aliphatic rings. The molecule has 0 saturated heterocycles. The van der Waals surface area contributed by atoms with Crippen LogP contribution in [-0.2, 0) is 0 Å². The van der Waals surface area contributed by atoms with Crippen molar-refractivity contribution in [3.63, 3.8) is 0 Å². The topological polar surface area (TPSA) is 39.2 Å². The Bertz CT molecular complexity index is 555. The van der Waals surface area contributed by atoms with Crippen molar-refractivity contribution in [2.75, 3.05) is 0 Å². The zero-order valence-corrected chi connectivity index (χ0v) is 9.18. The van der Waals surface area contributed by atoms with Gasteiger partial charge in [0.1, 0.15) is 0 Å². The Labute approximate surface area is 97.9 Å². The van der Waals surface area contributed by atoms with Crippen LogP contribution in [0, 0.1) is 12.7 Å². The van der Waals surface area contributed by atoms with Crippen LogP contribution in [0.3, 0.4) is 0 Å². The molecule has 0 unspecified atom stereocenters. The molecule has 1 heterocycles. The summed E-state index contributed by atoms with van der Waals surface area (Å²) in [6, 6.07) is 7.68. The number of hydrogen-bond acceptors (Lipinski definition) is 3. The van der Waals surface area contributed by atoms with E-state index in [9.17, 15) is 9.18 Å². The monoisotopic (exact) mass is 231 g/mol. The minimum atomic E-state index is -0.488. The van der Waals surface area contributed by atoms with Crippen molar-refractivity contribution in [2.45, 2.75) is 6.92 Å². The fourth-order valence-corrected chi connectivity index (χ4v) is 1.37. The van der Waals surface area contributed by atoms with Crippen LogP contribution >= 0.6 is 0 Å². The quantitative estimate of drug-likeness (QED) is 0.762. The van der Waals surface area contributed by atoms with Crippen LogP contribution < -0.4 is 4.74 Å². The minimum Gasteiger partial charge on any atom is -0.435 e. The molecule has 3 nitrogen and oxygen atoms in total. The number of carbonyl (C=O) groups is 1. The molecule has 2 aromatic rings. The van der Waals surface area contributed by atoms with Gasteiger partial charge in [0.25, 0.3) is 0 Å². The molecule has 17 heavy (non-hydrogen) atoms. The van der Waals surface area contributed by atoms with Gasteiger partial charge in [-0.2, -0.15) is 0 Å². The van der Waals surface area contributed by atoms with Gasteiger partial charge >= 0.3 is 0 Å². The standard InChI is InChI=1S/C13H10FNO2/c1-9-4-5-11(14)12(7-9)17-13-10(8-16)3-2-6-15-13/h2-8H,1H3. The normalized spacial score (nSPS) is 10.0. The van der Waals surface area contributed by atoms with Gasteiger partial charge in [-0.15, -0.1) is 0 Å². The van der Waals surface area contributed by atoms with Crippen LogP contribution in [0.2, 0.25) is 0 Å². The van der Waals surface area contributed by atoms with Crippen molar-refractivity contribution >= 4 is 6.29 Å². The first-order valence-electron chi connectivity index (χ1n) is 5.05. The van der Waals surface area contributed by atoms with E-state index in [-0.39, 0.29) is 17.2 Å². The van der Waals surface area contributed by atoms with Crippen molar-refractivity contribution in [2.24, 2.45) is 0 Å². The Kier molecular flexibility index (Phi) is 3.14. The number of pyridine rings is 1. The summed E-state index contributed by atoms with van der Waals surface area (Å²) in [5.41, 5.74) is 1.15. The van der Waals surface area contributed by atoms with Gasteiger partial charge in [-0.25, -0.2) is 9.37 Å². The van der Waals surface area contributed by atoms with Gasteiger partial charge in [0, 0.05) is 6.20 Å². The highest BCUT2D eigenvalue weighted by Crippen LogP contribution is 2.25. The van der Waals surface area contributed by atoms with E-state index in [1.165, 1.54) is 12.3 Å². The number of benzene rings is 1. The number of hydrogen-bond donors (Lipinski definition) is 0. The number of halogens is 1. The molecule has 0 bridgehead atoms. The molecule has 1 aromatic heterocycles. The summed E-state index contributed by atoms with van der Waals surface area (Å²) in [6.07, 6.45) is 2.10. The van der Waals surface area contributed by atoms with Gasteiger partial charge in [0.15, 0.2) is 17.9 Å². The molecule has 0 saturated carbocycles. The van der Waals surface area contributed by atoms with E-state index in [2.05, 4.69) is 4.98 Å². The number of aldehydes is 1. The lowest BCUT2D eigenvalue weighted by Crippen LogP contribution is -1.95. The number of rotatable bonds is 3. The lowest BCUT2D eigenvalue weighted by molar-refractivity contribution is 0.112. The van der Waals surface area contributed by atoms with Crippen LogP contribution in [0.1, 0.15) is 15.9 Å². The van der Waals surface area contributed by atoms with E-state index in [1.54, 1.807) is 24.3 Å². The molecule has 0 amide bonds. The van der Waals surface area contributed by atoms with E-state index in [0.717, 1.165) is 5.56 Å². The molecular weight excluding hydrogens is 221 g/mol. The zero-order chi connectivity index (χ0) is 12.3. The molecule has 0 fully saturated rings. The first-order valence-corrected chi connectivity index (χ1v) is 5.05. The maximum absolute atomic E-state index is 13.4. The highest BCUT2D eigenvalue weighted by Gasteiger charge is 2.09. The van der Waals surface area contributed by atoms with Gasteiger partial charge in [-0.05, 0) is 36.8 Å². The van der Waals surface area contributed by atoms with Crippen LogP contribution in [0.5, 0.6) is 11.6 Å². The molecule has 0 atom stereocenters.